The molecule has 1 fully saturated rings. The summed E-state index contributed by atoms with van der Waals surface area (Å²) in [4.78, 5) is 12.7. The molecule has 0 unspecified atom stereocenters. The predicted octanol–water partition coefficient (Wildman–Crippen LogP) is 2.73. The number of halogens is 1. The van der Waals surface area contributed by atoms with Crippen molar-refractivity contribution in [1.82, 2.24) is 5.32 Å². The fourth-order valence-corrected chi connectivity index (χ4v) is 4.98. The Morgan fingerprint density at radius 3 is 2.59 bits per heavy atom. The van der Waals surface area contributed by atoms with Gasteiger partial charge in [0, 0.05) is 12.1 Å². The molecule has 1 aliphatic heterocycles. The van der Waals surface area contributed by atoms with Crippen LogP contribution in [0.1, 0.15) is 34.8 Å². The van der Waals surface area contributed by atoms with Crippen molar-refractivity contribution >= 4 is 33.2 Å². The molecule has 1 aliphatic rings. The summed E-state index contributed by atoms with van der Waals surface area (Å²) in [5.41, 5.74) is 1.37. The third kappa shape index (κ3) is 4.43. The van der Waals surface area contributed by atoms with Gasteiger partial charge < -0.3 is 10.4 Å². The van der Waals surface area contributed by atoms with Gasteiger partial charge in [-0.3, -0.25) is 9.10 Å². The summed E-state index contributed by atoms with van der Waals surface area (Å²) in [6, 6.07) is 13.1. The van der Waals surface area contributed by atoms with Gasteiger partial charge in [0.1, 0.15) is 0 Å². The van der Waals surface area contributed by atoms with Crippen molar-refractivity contribution in [3.8, 4) is 0 Å². The molecule has 8 heteroatoms. The summed E-state index contributed by atoms with van der Waals surface area (Å²) < 4.78 is 26.0. The molecule has 0 aromatic heterocycles. The van der Waals surface area contributed by atoms with Crippen molar-refractivity contribution in [3.05, 3.63) is 64.7 Å². The van der Waals surface area contributed by atoms with Crippen molar-refractivity contribution in [2.45, 2.75) is 18.9 Å². The van der Waals surface area contributed by atoms with E-state index in [1.165, 1.54) is 22.5 Å². The van der Waals surface area contributed by atoms with Gasteiger partial charge in [-0.25, -0.2) is 8.42 Å². The van der Waals surface area contributed by atoms with Crippen molar-refractivity contribution in [2.75, 3.05) is 23.2 Å². The van der Waals surface area contributed by atoms with Crippen LogP contribution < -0.4 is 9.62 Å². The fourth-order valence-electron chi connectivity index (χ4n) is 3.07. The quantitative estimate of drug-likeness (QED) is 0.796. The second kappa shape index (κ2) is 8.29. The van der Waals surface area contributed by atoms with Gasteiger partial charge in [0.25, 0.3) is 5.91 Å². The molecular weight excluding hydrogens is 388 g/mol. The number of nitrogens with one attached hydrogen (secondary N) is 1. The van der Waals surface area contributed by atoms with E-state index in [1.807, 2.05) is 30.3 Å². The van der Waals surface area contributed by atoms with E-state index < -0.39 is 22.0 Å². The largest absolute Gasteiger partial charge is 0.394 e. The molecule has 0 aliphatic carbocycles. The zero-order chi connectivity index (χ0) is 19.4. The summed E-state index contributed by atoms with van der Waals surface area (Å²) in [6.45, 7) is 0.0904. The van der Waals surface area contributed by atoms with Crippen LogP contribution in [0.3, 0.4) is 0 Å². The van der Waals surface area contributed by atoms with E-state index in [2.05, 4.69) is 5.32 Å². The summed E-state index contributed by atoms with van der Waals surface area (Å²) in [5, 5.41) is 12.7. The molecule has 0 spiro atoms. The van der Waals surface area contributed by atoms with E-state index in [-0.39, 0.29) is 22.9 Å². The van der Waals surface area contributed by atoms with Gasteiger partial charge >= 0.3 is 0 Å². The number of aliphatic hydroxyl groups excluding tert-OH is 1. The number of nitrogens with zero attached hydrogens (tertiary/aromatic N) is 1. The molecular formula is C19H21ClN2O4S. The van der Waals surface area contributed by atoms with Gasteiger partial charge in [0.15, 0.2) is 0 Å². The smallest absolute Gasteiger partial charge is 0.251 e. The first-order valence-corrected chi connectivity index (χ1v) is 10.7. The monoisotopic (exact) mass is 408 g/mol. The minimum atomic E-state index is -3.44. The number of aliphatic hydroxyl groups is 1. The Bertz CT molecular complexity index is 919. The van der Waals surface area contributed by atoms with Gasteiger partial charge in [-0.1, -0.05) is 41.9 Å². The SMILES string of the molecule is O=C(N[C@@H](CO)c1ccccc1)c1ccc(Cl)c(N2CCCCS2(=O)=O)c1. The maximum Gasteiger partial charge on any atom is 0.251 e. The first-order valence-electron chi connectivity index (χ1n) is 8.69. The maximum atomic E-state index is 12.7. The second-order valence-electron chi connectivity index (χ2n) is 6.38. The maximum absolute atomic E-state index is 12.7. The fraction of sp³-hybridized carbons (Fsp3) is 0.316. The molecule has 0 bridgehead atoms. The molecule has 27 heavy (non-hydrogen) atoms. The lowest BCUT2D eigenvalue weighted by Gasteiger charge is -2.29. The zero-order valence-corrected chi connectivity index (χ0v) is 16.2. The number of carbonyl (C=O) groups is 1. The van der Waals surface area contributed by atoms with Gasteiger partial charge in [-0.05, 0) is 36.6 Å². The lowest BCUT2D eigenvalue weighted by Crippen LogP contribution is -2.38. The average molecular weight is 409 g/mol. The number of hydrogen-bond acceptors (Lipinski definition) is 4. The summed E-state index contributed by atoms with van der Waals surface area (Å²) in [6.07, 6.45) is 1.36. The van der Waals surface area contributed by atoms with Crippen molar-refractivity contribution < 1.29 is 18.3 Å². The standard InChI is InChI=1S/C19H21ClN2O4S/c20-16-9-8-15(12-18(16)22-10-4-5-11-27(22,25)26)19(24)21-17(13-23)14-6-2-1-3-7-14/h1-3,6-9,12,17,23H,4-5,10-11,13H2,(H,21,24)/t17-/m0/s1. The van der Waals surface area contributed by atoms with Gasteiger partial charge in [0.05, 0.1) is 29.1 Å². The Kier molecular flexibility index (Phi) is 6.04. The van der Waals surface area contributed by atoms with E-state index in [4.69, 9.17) is 11.6 Å². The Hall–Kier alpha value is -2.09. The van der Waals surface area contributed by atoms with Crippen LogP contribution in [0, 0.1) is 0 Å². The molecule has 3 rings (SSSR count). The van der Waals surface area contributed by atoms with Crippen molar-refractivity contribution in [1.29, 1.82) is 0 Å². The van der Waals surface area contributed by atoms with Crippen LogP contribution in [0.5, 0.6) is 0 Å². The van der Waals surface area contributed by atoms with E-state index >= 15 is 0 Å². The second-order valence-corrected chi connectivity index (χ2v) is 8.80. The molecule has 1 saturated heterocycles. The molecule has 144 valence electrons. The topological polar surface area (TPSA) is 86.7 Å². The molecule has 0 saturated carbocycles. The normalized spacial score (nSPS) is 17.3. The highest BCUT2D eigenvalue weighted by Crippen LogP contribution is 2.31. The number of benzene rings is 2. The molecule has 2 N–H and O–H groups in total. The number of sulfonamides is 1. The summed E-state index contributed by atoms with van der Waals surface area (Å²) in [7, 11) is -3.44. The van der Waals surface area contributed by atoms with Crippen LogP contribution in [-0.4, -0.2) is 38.3 Å². The minimum absolute atomic E-state index is 0.0698. The Morgan fingerprint density at radius 1 is 1.19 bits per heavy atom. The lowest BCUT2D eigenvalue weighted by molar-refractivity contribution is 0.0916. The van der Waals surface area contributed by atoms with Crippen molar-refractivity contribution in [2.24, 2.45) is 0 Å². The minimum Gasteiger partial charge on any atom is -0.394 e. The predicted molar refractivity (Wildman–Crippen MR) is 106 cm³/mol. The van der Waals surface area contributed by atoms with E-state index in [0.717, 1.165) is 12.0 Å². The summed E-state index contributed by atoms with van der Waals surface area (Å²) in [5.74, 6) is -0.342. The van der Waals surface area contributed by atoms with Gasteiger partial charge in [-0.15, -0.1) is 0 Å². The van der Waals surface area contributed by atoms with Crippen LogP contribution >= 0.6 is 11.6 Å². The van der Waals surface area contributed by atoms with Gasteiger partial charge in [0.2, 0.25) is 10.0 Å². The third-order valence-electron chi connectivity index (χ3n) is 4.52. The van der Waals surface area contributed by atoms with Crippen molar-refractivity contribution in [3.63, 3.8) is 0 Å². The lowest BCUT2D eigenvalue weighted by atomic mass is 10.1. The van der Waals surface area contributed by atoms with Crippen LogP contribution in [0.4, 0.5) is 5.69 Å². The van der Waals surface area contributed by atoms with E-state index in [9.17, 15) is 18.3 Å². The number of amides is 1. The van der Waals surface area contributed by atoms with Gasteiger partial charge in [-0.2, -0.15) is 0 Å². The molecule has 2 aromatic carbocycles. The Labute approximate surface area is 163 Å². The first-order chi connectivity index (χ1) is 12.9. The Morgan fingerprint density at radius 2 is 1.93 bits per heavy atom. The Balaban J connectivity index is 1.86. The van der Waals surface area contributed by atoms with Crippen LogP contribution in [0.25, 0.3) is 0 Å². The number of carbonyl (C=O) groups excluding carboxylic acids is 1. The highest BCUT2D eigenvalue weighted by molar-refractivity contribution is 7.92. The zero-order valence-electron chi connectivity index (χ0n) is 14.6. The highest BCUT2D eigenvalue weighted by atomic mass is 35.5. The molecule has 1 amide bonds. The molecule has 1 atom stereocenters. The third-order valence-corrected chi connectivity index (χ3v) is 6.69. The number of anilines is 1. The molecule has 1 heterocycles. The molecule has 0 radical (unpaired) electrons. The number of rotatable bonds is 5. The average Bonchev–Trinajstić information content (AvgIpc) is 2.67. The van der Waals surface area contributed by atoms with Crippen LogP contribution in [0.15, 0.2) is 48.5 Å². The number of hydrogen-bond donors (Lipinski definition) is 2. The highest BCUT2D eigenvalue weighted by Gasteiger charge is 2.28. The molecule has 2 aromatic rings. The first kappa shape index (κ1) is 19.7. The summed E-state index contributed by atoms with van der Waals surface area (Å²) >= 11 is 6.21. The van der Waals surface area contributed by atoms with Crippen LogP contribution in [0.2, 0.25) is 5.02 Å². The van der Waals surface area contributed by atoms with Crippen LogP contribution in [-0.2, 0) is 10.0 Å². The molecule has 6 nitrogen and oxygen atoms in total. The van der Waals surface area contributed by atoms with E-state index in [0.29, 0.717) is 18.7 Å². The van der Waals surface area contributed by atoms with E-state index in [1.54, 1.807) is 0 Å².